The SMILES string of the molecule is NCCOc1cccc(NC(=O)c2cc(Br)c[nH]2)c1. The quantitative estimate of drug-likeness (QED) is 0.790. The number of H-pyrrole nitrogens is 1. The Bertz CT molecular complexity index is 569. The normalized spacial score (nSPS) is 10.2. The number of ether oxygens (including phenoxy) is 1. The van der Waals surface area contributed by atoms with Crippen LogP contribution in [0.15, 0.2) is 41.0 Å². The Morgan fingerprint density at radius 1 is 1.42 bits per heavy atom. The van der Waals surface area contributed by atoms with Crippen molar-refractivity contribution in [3.63, 3.8) is 0 Å². The third-order valence-corrected chi connectivity index (χ3v) is 2.83. The van der Waals surface area contributed by atoms with Crippen molar-refractivity contribution in [1.82, 2.24) is 4.98 Å². The summed E-state index contributed by atoms with van der Waals surface area (Å²) in [6.45, 7) is 0.897. The first-order valence-corrected chi connectivity index (χ1v) is 6.56. The Balaban J connectivity index is 2.04. The van der Waals surface area contributed by atoms with Crippen LogP contribution >= 0.6 is 15.9 Å². The van der Waals surface area contributed by atoms with E-state index in [9.17, 15) is 4.79 Å². The van der Waals surface area contributed by atoms with Gasteiger partial charge >= 0.3 is 0 Å². The van der Waals surface area contributed by atoms with Gasteiger partial charge < -0.3 is 20.8 Å². The van der Waals surface area contributed by atoms with Gasteiger partial charge in [-0.25, -0.2) is 0 Å². The summed E-state index contributed by atoms with van der Waals surface area (Å²) in [4.78, 5) is 14.8. The molecule has 6 heteroatoms. The molecule has 2 aromatic rings. The first kappa shape index (κ1) is 13.6. The maximum atomic E-state index is 11.9. The molecule has 5 nitrogen and oxygen atoms in total. The monoisotopic (exact) mass is 323 g/mol. The van der Waals surface area contributed by atoms with E-state index in [1.54, 1.807) is 24.4 Å². The zero-order valence-corrected chi connectivity index (χ0v) is 11.7. The number of amides is 1. The molecule has 0 aliphatic rings. The number of rotatable bonds is 5. The van der Waals surface area contributed by atoms with Crippen LogP contribution in [0.1, 0.15) is 10.5 Å². The Morgan fingerprint density at radius 3 is 2.95 bits per heavy atom. The van der Waals surface area contributed by atoms with Crippen LogP contribution in [0.4, 0.5) is 5.69 Å². The van der Waals surface area contributed by atoms with Crippen LogP contribution in [0.2, 0.25) is 0 Å². The van der Waals surface area contributed by atoms with Gasteiger partial charge in [0.2, 0.25) is 0 Å². The average Bonchev–Trinajstić information content (AvgIpc) is 2.83. The number of carbonyl (C=O) groups excluding carboxylic acids is 1. The fourth-order valence-corrected chi connectivity index (χ4v) is 1.88. The molecule has 2 rings (SSSR count). The van der Waals surface area contributed by atoms with Gasteiger partial charge in [0.05, 0.1) is 0 Å². The highest BCUT2D eigenvalue weighted by Gasteiger charge is 2.08. The van der Waals surface area contributed by atoms with E-state index in [2.05, 4.69) is 26.2 Å². The fourth-order valence-electron chi connectivity index (χ4n) is 1.54. The van der Waals surface area contributed by atoms with Crippen LogP contribution < -0.4 is 15.8 Å². The molecule has 1 heterocycles. The minimum atomic E-state index is -0.207. The molecule has 0 aliphatic carbocycles. The molecule has 100 valence electrons. The summed E-state index contributed by atoms with van der Waals surface area (Å²) in [7, 11) is 0. The Hall–Kier alpha value is -1.79. The van der Waals surface area contributed by atoms with Crippen LogP contribution in [-0.4, -0.2) is 24.0 Å². The summed E-state index contributed by atoms with van der Waals surface area (Å²) in [5.74, 6) is 0.470. The predicted molar refractivity (Wildman–Crippen MR) is 77.4 cm³/mol. The van der Waals surface area contributed by atoms with Crippen LogP contribution in [0.25, 0.3) is 0 Å². The number of carbonyl (C=O) groups is 1. The van der Waals surface area contributed by atoms with Crippen LogP contribution in [0.3, 0.4) is 0 Å². The number of aromatic nitrogens is 1. The first-order chi connectivity index (χ1) is 9.19. The van der Waals surface area contributed by atoms with Crippen molar-refractivity contribution in [2.75, 3.05) is 18.5 Å². The van der Waals surface area contributed by atoms with E-state index >= 15 is 0 Å². The van der Waals surface area contributed by atoms with Crippen molar-refractivity contribution in [2.45, 2.75) is 0 Å². The molecule has 0 bridgehead atoms. The van der Waals surface area contributed by atoms with Crippen molar-refractivity contribution >= 4 is 27.5 Å². The highest BCUT2D eigenvalue weighted by atomic mass is 79.9. The number of aromatic amines is 1. The van der Waals surface area contributed by atoms with Crippen LogP contribution in [0, 0.1) is 0 Å². The average molecular weight is 324 g/mol. The molecule has 0 unspecified atom stereocenters. The second-order valence-corrected chi connectivity index (χ2v) is 4.77. The van der Waals surface area contributed by atoms with Crippen molar-refractivity contribution in [3.05, 3.63) is 46.7 Å². The van der Waals surface area contributed by atoms with Gasteiger partial charge in [0.15, 0.2) is 0 Å². The second-order valence-electron chi connectivity index (χ2n) is 3.85. The molecule has 1 aromatic carbocycles. The van der Waals surface area contributed by atoms with Crippen LogP contribution in [-0.2, 0) is 0 Å². The Labute approximate surface area is 119 Å². The van der Waals surface area contributed by atoms with E-state index in [4.69, 9.17) is 10.5 Å². The minimum absolute atomic E-state index is 0.207. The van der Waals surface area contributed by atoms with Gasteiger partial charge in [0.25, 0.3) is 5.91 Å². The van der Waals surface area contributed by atoms with Gasteiger partial charge in [-0.2, -0.15) is 0 Å². The molecule has 1 aromatic heterocycles. The second kappa shape index (κ2) is 6.40. The van der Waals surface area contributed by atoms with E-state index in [-0.39, 0.29) is 5.91 Å². The van der Waals surface area contributed by atoms with Gasteiger partial charge in [-0.3, -0.25) is 4.79 Å². The number of halogens is 1. The lowest BCUT2D eigenvalue weighted by molar-refractivity contribution is 0.102. The molecule has 0 radical (unpaired) electrons. The van der Waals surface area contributed by atoms with Gasteiger partial charge in [-0.15, -0.1) is 0 Å². The molecule has 0 fully saturated rings. The standard InChI is InChI=1S/C13H14BrN3O2/c14-9-6-12(16-8-9)13(18)17-10-2-1-3-11(7-10)19-5-4-15/h1-3,6-8,16H,4-5,15H2,(H,17,18). The maximum Gasteiger partial charge on any atom is 0.272 e. The number of anilines is 1. The van der Waals surface area contributed by atoms with Gasteiger partial charge in [-0.1, -0.05) is 6.07 Å². The third kappa shape index (κ3) is 3.84. The lowest BCUT2D eigenvalue weighted by Crippen LogP contribution is -2.13. The molecular weight excluding hydrogens is 310 g/mol. The lowest BCUT2D eigenvalue weighted by Gasteiger charge is -2.07. The highest BCUT2D eigenvalue weighted by Crippen LogP contribution is 2.18. The molecule has 0 saturated carbocycles. The van der Waals surface area contributed by atoms with Crippen LogP contribution in [0.5, 0.6) is 5.75 Å². The maximum absolute atomic E-state index is 11.9. The number of hydrogen-bond donors (Lipinski definition) is 3. The number of nitrogens with one attached hydrogen (secondary N) is 2. The predicted octanol–water partition coefficient (Wildman–Crippen LogP) is 2.37. The molecule has 0 aliphatic heterocycles. The van der Waals surface area contributed by atoms with E-state index in [1.807, 2.05) is 12.1 Å². The summed E-state index contributed by atoms with van der Waals surface area (Å²) in [6.07, 6.45) is 1.70. The summed E-state index contributed by atoms with van der Waals surface area (Å²) < 4.78 is 6.23. The summed E-state index contributed by atoms with van der Waals surface area (Å²) in [5, 5.41) is 2.79. The molecule has 0 atom stereocenters. The van der Waals surface area contributed by atoms with E-state index in [0.717, 1.165) is 4.47 Å². The third-order valence-electron chi connectivity index (χ3n) is 2.37. The minimum Gasteiger partial charge on any atom is -0.492 e. The molecule has 19 heavy (non-hydrogen) atoms. The number of hydrogen-bond acceptors (Lipinski definition) is 3. The van der Waals surface area contributed by atoms with Crippen molar-refractivity contribution < 1.29 is 9.53 Å². The van der Waals surface area contributed by atoms with Crippen molar-refractivity contribution in [3.8, 4) is 5.75 Å². The molecule has 0 saturated heterocycles. The van der Waals surface area contributed by atoms with E-state index in [1.165, 1.54) is 0 Å². The topological polar surface area (TPSA) is 80.1 Å². The zero-order chi connectivity index (χ0) is 13.7. The van der Waals surface area contributed by atoms with Crippen molar-refractivity contribution in [2.24, 2.45) is 5.73 Å². The molecule has 1 amide bonds. The Kier molecular flexibility index (Phi) is 4.59. The van der Waals surface area contributed by atoms with Gasteiger partial charge in [-0.05, 0) is 34.1 Å². The van der Waals surface area contributed by atoms with E-state index < -0.39 is 0 Å². The largest absolute Gasteiger partial charge is 0.492 e. The lowest BCUT2D eigenvalue weighted by atomic mass is 10.3. The van der Waals surface area contributed by atoms with Gasteiger partial charge in [0, 0.05) is 29.0 Å². The first-order valence-electron chi connectivity index (χ1n) is 5.77. The summed E-state index contributed by atoms with van der Waals surface area (Å²) in [5.41, 5.74) is 6.53. The number of benzene rings is 1. The molecule has 4 N–H and O–H groups in total. The van der Waals surface area contributed by atoms with Gasteiger partial charge in [0.1, 0.15) is 18.1 Å². The molecule has 0 spiro atoms. The smallest absolute Gasteiger partial charge is 0.272 e. The molecular formula is C13H14BrN3O2. The van der Waals surface area contributed by atoms with Crippen molar-refractivity contribution in [1.29, 1.82) is 0 Å². The fraction of sp³-hybridized carbons (Fsp3) is 0.154. The van der Waals surface area contributed by atoms with E-state index in [0.29, 0.717) is 30.3 Å². The highest BCUT2D eigenvalue weighted by molar-refractivity contribution is 9.10. The number of nitrogens with two attached hydrogens (primary N) is 1. The summed E-state index contributed by atoms with van der Waals surface area (Å²) in [6, 6.07) is 8.89. The zero-order valence-electron chi connectivity index (χ0n) is 10.2. The summed E-state index contributed by atoms with van der Waals surface area (Å²) >= 11 is 3.28. The Morgan fingerprint density at radius 2 is 2.26 bits per heavy atom.